The maximum Gasteiger partial charge on any atom is 0.220 e. The van der Waals surface area contributed by atoms with E-state index in [9.17, 15) is 30.3 Å². The van der Waals surface area contributed by atoms with E-state index >= 15 is 0 Å². The number of aliphatic hydroxyl groups excluding tert-OH is 5. The number of amides is 1. The van der Waals surface area contributed by atoms with E-state index in [0.29, 0.717) is 12.8 Å². The van der Waals surface area contributed by atoms with E-state index in [-0.39, 0.29) is 12.5 Å². The predicted octanol–water partition coefficient (Wildman–Crippen LogP) is 20.8. The molecule has 9 nitrogen and oxygen atoms in total. The second kappa shape index (κ2) is 64.6. The molecule has 0 aromatic carbocycles. The van der Waals surface area contributed by atoms with Crippen LogP contribution in [0.25, 0.3) is 0 Å². The third kappa shape index (κ3) is 52.6. The van der Waals surface area contributed by atoms with Crippen LogP contribution >= 0.6 is 0 Å². The highest BCUT2D eigenvalue weighted by molar-refractivity contribution is 5.76. The van der Waals surface area contributed by atoms with Crippen LogP contribution in [0.2, 0.25) is 0 Å². The number of hydrogen-bond acceptors (Lipinski definition) is 8. The molecule has 1 amide bonds. The molecule has 0 bridgehead atoms. The van der Waals surface area contributed by atoms with Crippen LogP contribution < -0.4 is 5.32 Å². The van der Waals surface area contributed by atoms with Crippen LogP contribution in [-0.4, -0.2) is 87.5 Å². The molecule has 0 aromatic heterocycles. The minimum atomic E-state index is -1.55. The van der Waals surface area contributed by atoms with E-state index in [4.69, 9.17) is 9.47 Å². The summed E-state index contributed by atoms with van der Waals surface area (Å²) < 4.78 is 11.4. The average molecular weight is 1190 g/mol. The molecule has 1 rings (SSSR count). The van der Waals surface area contributed by atoms with Crippen LogP contribution in [0.4, 0.5) is 0 Å². The number of allylic oxidation sites excluding steroid dienone is 4. The Labute approximate surface area is 521 Å². The van der Waals surface area contributed by atoms with Gasteiger partial charge in [-0.1, -0.05) is 366 Å². The third-order valence-electron chi connectivity index (χ3n) is 18.3. The second-order valence-electron chi connectivity index (χ2n) is 26.5. The van der Waals surface area contributed by atoms with Crippen molar-refractivity contribution in [3.8, 4) is 0 Å². The van der Waals surface area contributed by atoms with Crippen LogP contribution in [0, 0.1) is 0 Å². The second-order valence-corrected chi connectivity index (χ2v) is 26.5. The Hall–Kier alpha value is -1.33. The molecule has 6 N–H and O–H groups in total. The van der Waals surface area contributed by atoms with Crippen molar-refractivity contribution in [2.75, 3.05) is 13.2 Å². The third-order valence-corrected chi connectivity index (χ3v) is 18.3. The van der Waals surface area contributed by atoms with Gasteiger partial charge in [0.2, 0.25) is 5.91 Å². The number of carbonyl (C=O) groups is 1. The highest BCUT2D eigenvalue weighted by Crippen LogP contribution is 2.24. The van der Waals surface area contributed by atoms with Gasteiger partial charge in [-0.15, -0.1) is 0 Å². The van der Waals surface area contributed by atoms with E-state index < -0.39 is 49.5 Å². The molecule has 9 heteroatoms. The minimum absolute atomic E-state index is 0.133. The summed E-state index contributed by atoms with van der Waals surface area (Å²) in [6.07, 6.45) is 78.4. The van der Waals surface area contributed by atoms with Gasteiger partial charge < -0.3 is 40.3 Å². The van der Waals surface area contributed by atoms with Crippen LogP contribution in [0.15, 0.2) is 24.3 Å². The first-order valence-corrected chi connectivity index (χ1v) is 37.5. The van der Waals surface area contributed by atoms with Crippen molar-refractivity contribution in [3.63, 3.8) is 0 Å². The predicted molar refractivity (Wildman–Crippen MR) is 360 cm³/mol. The standard InChI is InChI=1S/C75H145NO8/c1-3-5-7-9-11-13-15-17-19-21-23-25-27-29-31-33-35-37-39-41-43-45-47-49-51-53-55-57-59-61-63-65-71(79)76-68(67-83-75-74(82)73(81)72(80)70(66-77)84-75)69(78)64-62-60-58-56-54-52-50-48-46-44-42-40-38-36-34-32-30-28-26-24-22-20-18-16-14-12-10-8-6-4-2/h15,17,21,23,68-70,72-75,77-78,80-82H,3-14,16,18-20,22,24-67H2,1-2H3,(H,76,79)/b17-15-,23-21-. The SMILES string of the molecule is CCCCCCC/C=C\C/C=C\CCCCCCCCCCCCCCCCCCCCCC(=O)NC(COC1OC(CO)C(O)C(O)C1O)C(O)CCCCCCCCCCCCCCCCCCCCCCCCCCCCCCCC. The van der Waals surface area contributed by atoms with Gasteiger partial charge in [0.25, 0.3) is 0 Å². The molecule has 1 heterocycles. The Balaban J connectivity index is 2.07. The first-order chi connectivity index (χ1) is 41.3. The highest BCUT2D eigenvalue weighted by atomic mass is 16.7. The summed E-state index contributed by atoms with van der Waals surface area (Å²) in [5, 5.41) is 55.0. The molecule has 1 saturated heterocycles. The molecule has 1 aliphatic heterocycles. The van der Waals surface area contributed by atoms with Gasteiger partial charge in [-0.3, -0.25) is 4.79 Å². The zero-order valence-corrected chi connectivity index (χ0v) is 55.9. The summed E-state index contributed by atoms with van der Waals surface area (Å²) in [6, 6.07) is -0.719. The molecule has 1 fully saturated rings. The summed E-state index contributed by atoms with van der Waals surface area (Å²) in [5.41, 5.74) is 0. The maximum atomic E-state index is 13.2. The van der Waals surface area contributed by atoms with E-state index in [1.54, 1.807) is 0 Å². The fourth-order valence-corrected chi connectivity index (χ4v) is 12.4. The molecule has 84 heavy (non-hydrogen) atoms. The number of unbranched alkanes of at least 4 members (excludes halogenated alkanes) is 53. The smallest absolute Gasteiger partial charge is 0.220 e. The number of carbonyl (C=O) groups excluding carboxylic acids is 1. The highest BCUT2D eigenvalue weighted by Gasteiger charge is 2.44. The molecule has 7 unspecified atom stereocenters. The van der Waals surface area contributed by atoms with Gasteiger partial charge in [0, 0.05) is 6.42 Å². The molecule has 0 saturated carbocycles. The lowest BCUT2D eigenvalue weighted by Gasteiger charge is -2.40. The Morgan fingerprint density at radius 3 is 1.02 bits per heavy atom. The van der Waals surface area contributed by atoms with Crippen molar-refractivity contribution in [1.29, 1.82) is 0 Å². The van der Waals surface area contributed by atoms with Gasteiger partial charge in [-0.2, -0.15) is 0 Å². The molecule has 7 atom stereocenters. The van der Waals surface area contributed by atoms with E-state index in [1.807, 2.05) is 0 Å². The van der Waals surface area contributed by atoms with Gasteiger partial charge >= 0.3 is 0 Å². The molecule has 0 spiro atoms. The lowest BCUT2D eigenvalue weighted by Crippen LogP contribution is -2.60. The molecule has 0 aliphatic carbocycles. The molecule has 0 aromatic rings. The van der Waals surface area contributed by atoms with Gasteiger partial charge in [-0.25, -0.2) is 0 Å². The van der Waals surface area contributed by atoms with Crippen LogP contribution in [0.3, 0.4) is 0 Å². The topological polar surface area (TPSA) is 149 Å². The number of nitrogens with one attached hydrogen (secondary N) is 1. The van der Waals surface area contributed by atoms with Gasteiger partial charge in [0.15, 0.2) is 6.29 Å². The van der Waals surface area contributed by atoms with E-state index in [2.05, 4.69) is 43.5 Å². The first kappa shape index (κ1) is 80.7. The maximum absolute atomic E-state index is 13.2. The van der Waals surface area contributed by atoms with E-state index in [1.165, 1.54) is 321 Å². The van der Waals surface area contributed by atoms with Crippen molar-refractivity contribution in [2.24, 2.45) is 0 Å². The normalized spacial score (nSPS) is 18.2. The summed E-state index contributed by atoms with van der Waals surface area (Å²) >= 11 is 0. The van der Waals surface area contributed by atoms with Crippen molar-refractivity contribution in [2.45, 2.75) is 436 Å². The number of ether oxygens (including phenoxy) is 2. The van der Waals surface area contributed by atoms with Crippen LogP contribution in [0.1, 0.15) is 393 Å². The number of aliphatic hydroxyl groups is 5. The first-order valence-electron chi connectivity index (χ1n) is 37.5. The van der Waals surface area contributed by atoms with Gasteiger partial charge in [-0.05, 0) is 44.9 Å². The monoisotopic (exact) mass is 1190 g/mol. The number of rotatable bonds is 67. The minimum Gasteiger partial charge on any atom is -0.394 e. The van der Waals surface area contributed by atoms with Crippen molar-refractivity contribution in [3.05, 3.63) is 24.3 Å². The molecule has 0 radical (unpaired) electrons. The summed E-state index contributed by atoms with van der Waals surface area (Å²) in [4.78, 5) is 13.2. The van der Waals surface area contributed by atoms with Crippen molar-refractivity contribution in [1.82, 2.24) is 5.32 Å². The molecule has 498 valence electrons. The number of hydrogen-bond donors (Lipinski definition) is 6. The van der Waals surface area contributed by atoms with E-state index in [0.717, 1.165) is 44.9 Å². The fraction of sp³-hybridized carbons (Fsp3) is 0.933. The molecule has 1 aliphatic rings. The summed E-state index contributed by atoms with van der Waals surface area (Å²) in [6.45, 7) is 3.89. The van der Waals surface area contributed by atoms with Crippen LogP contribution in [0.5, 0.6) is 0 Å². The summed E-state index contributed by atoms with van der Waals surface area (Å²) in [5.74, 6) is -0.135. The molecular formula is C75H145NO8. The Bertz CT molecular complexity index is 1380. The van der Waals surface area contributed by atoms with Crippen LogP contribution in [-0.2, 0) is 14.3 Å². The van der Waals surface area contributed by atoms with Crippen molar-refractivity contribution < 1.29 is 39.8 Å². The fourth-order valence-electron chi connectivity index (χ4n) is 12.4. The Morgan fingerprint density at radius 1 is 0.405 bits per heavy atom. The largest absolute Gasteiger partial charge is 0.394 e. The van der Waals surface area contributed by atoms with Crippen molar-refractivity contribution >= 4 is 5.91 Å². The Morgan fingerprint density at radius 2 is 0.702 bits per heavy atom. The summed E-state index contributed by atoms with van der Waals surface area (Å²) in [7, 11) is 0. The lowest BCUT2D eigenvalue weighted by molar-refractivity contribution is -0.302. The average Bonchev–Trinajstić information content (AvgIpc) is 3.70. The lowest BCUT2D eigenvalue weighted by atomic mass is 9.99. The zero-order chi connectivity index (χ0) is 60.7. The zero-order valence-electron chi connectivity index (χ0n) is 55.9. The van der Waals surface area contributed by atoms with Gasteiger partial charge in [0.1, 0.15) is 24.4 Å². The Kier molecular flexibility index (Phi) is 62.1. The quantitative estimate of drug-likeness (QED) is 0.0261. The van der Waals surface area contributed by atoms with Gasteiger partial charge in [0.05, 0.1) is 25.4 Å². The molecular weight excluding hydrogens is 1040 g/mol.